The smallest absolute Gasteiger partial charge is 0.0714 e. The van der Waals surface area contributed by atoms with E-state index in [4.69, 9.17) is 9.72 Å². The fourth-order valence-corrected chi connectivity index (χ4v) is 4.99. The molecule has 0 N–H and O–H groups in total. The molecule has 1 aliphatic heterocycles. The second kappa shape index (κ2) is 8.49. The molecule has 0 amide bonds. The molecule has 0 aliphatic carbocycles. The lowest BCUT2D eigenvalue weighted by Gasteiger charge is -2.26. The molecule has 164 valence electrons. The van der Waals surface area contributed by atoms with Crippen molar-refractivity contribution in [2.75, 3.05) is 26.3 Å². The summed E-state index contributed by atoms with van der Waals surface area (Å²) >= 11 is 0. The zero-order valence-electron chi connectivity index (χ0n) is 19.4. The highest BCUT2D eigenvalue weighted by molar-refractivity contribution is 6.00. The molecule has 0 atom stereocenters. The first kappa shape index (κ1) is 20.9. The van der Waals surface area contributed by atoms with E-state index in [9.17, 15) is 0 Å². The summed E-state index contributed by atoms with van der Waals surface area (Å²) in [5.74, 6) is 0. The summed E-state index contributed by atoms with van der Waals surface area (Å²) in [6, 6.07) is 15.5. The van der Waals surface area contributed by atoms with Crippen molar-refractivity contribution in [1.29, 1.82) is 0 Å². The average molecular weight is 427 g/mol. The van der Waals surface area contributed by atoms with Crippen molar-refractivity contribution in [1.82, 2.24) is 19.7 Å². The molecule has 3 heterocycles. The van der Waals surface area contributed by atoms with Gasteiger partial charge in [-0.05, 0) is 66.8 Å². The lowest BCUT2D eigenvalue weighted by molar-refractivity contribution is 0.0342. The normalized spacial score (nSPS) is 14.9. The Hall–Kier alpha value is -3.02. The Labute approximate surface area is 189 Å². The van der Waals surface area contributed by atoms with Crippen LogP contribution in [-0.4, -0.2) is 46.0 Å². The highest BCUT2D eigenvalue weighted by Crippen LogP contribution is 2.37. The third-order valence-electron chi connectivity index (χ3n) is 6.51. The van der Waals surface area contributed by atoms with E-state index in [0.29, 0.717) is 0 Å². The van der Waals surface area contributed by atoms with Gasteiger partial charge in [0.15, 0.2) is 0 Å². The zero-order valence-corrected chi connectivity index (χ0v) is 19.4. The van der Waals surface area contributed by atoms with Gasteiger partial charge in [-0.1, -0.05) is 24.3 Å². The van der Waals surface area contributed by atoms with Crippen molar-refractivity contribution in [2.45, 2.75) is 27.3 Å². The van der Waals surface area contributed by atoms with Gasteiger partial charge in [0.2, 0.25) is 0 Å². The van der Waals surface area contributed by atoms with Crippen LogP contribution < -0.4 is 0 Å². The summed E-state index contributed by atoms with van der Waals surface area (Å²) in [6.45, 7) is 11.1. The summed E-state index contributed by atoms with van der Waals surface area (Å²) in [7, 11) is 2.01. The third-order valence-corrected chi connectivity index (χ3v) is 6.51. The number of pyridine rings is 1. The minimum atomic E-state index is 0.833. The molecule has 1 aliphatic rings. The first-order chi connectivity index (χ1) is 15.5. The van der Waals surface area contributed by atoms with Gasteiger partial charge in [0.25, 0.3) is 0 Å². The number of hydrogen-bond acceptors (Lipinski definition) is 4. The van der Waals surface area contributed by atoms with Crippen LogP contribution in [-0.2, 0) is 18.3 Å². The largest absolute Gasteiger partial charge is 0.379 e. The van der Waals surface area contributed by atoms with Crippen LogP contribution in [0.3, 0.4) is 0 Å². The number of nitrogens with zero attached hydrogens (tertiary/aromatic N) is 4. The van der Waals surface area contributed by atoms with Gasteiger partial charge in [0.05, 0.1) is 30.1 Å². The fourth-order valence-electron chi connectivity index (χ4n) is 4.99. The van der Waals surface area contributed by atoms with Gasteiger partial charge >= 0.3 is 0 Å². The van der Waals surface area contributed by atoms with Crippen molar-refractivity contribution < 1.29 is 4.74 Å². The van der Waals surface area contributed by atoms with Gasteiger partial charge in [-0.15, -0.1) is 0 Å². The predicted octanol–water partition coefficient (Wildman–Crippen LogP) is 5.06. The molecule has 5 heteroatoms. The number of aryl methyl sites for hydroxylation is 4. The molecule has 1 fully saturated rings. The molecule has 0 saturated carbocycles. The van der Waals surface area contributed by atoms with E-state index >= 15 is 0 Å². The molecule has 5 rings (SSSR count). The molecular weight excluding hydrogens is 396 g/mol. The van der Waals surface area contributed by atoms with Crippen LogP contribution in [0.5, 0.6) is 0 Å². The number of ether oxygens (including phenoxy) is 1. The molecule has 0 unspecified atom stereocenters. The van der Waals surface area contributed by atoms with E-state index in [1.165, 1.54) is 38.8 Å². The van der Waals surface area contributed by atoms with Gasteiger partial charge in [-0.2, -0.15) is 5.10 Å². The average Bonchev–Trinajstić information content (AvgIpc) is 3.13. The molecular formula is C27H30N4O. The first-order valence-corrected chi connectivity index (χ1v) is 11.3. The van der Waals surface area contributed by atoms with Crippen LogP contribution in [0.15, 0.2) is 48.7 Å². The molecule has 5 nitrogen and oxygen atoms in total. The lowest BCUT2D eigenvalue weighted by Crippen LogP contribution is -2.35. The second-order valence-corrected chi connectivity index (χ2v) is 8.83. The number of fused-ring (bicyclic) bond motifs is 1. The summed E-state index contributed by atoms with van der Waals surface area (Å²) in [5, 5.41) is 5.77. The van der Waals surface area contributed by atoms with E-state index in [1.54, 1.807) is 0 Å². The molecule has 0 bridgehead atoms. The van der Waals surface area contributed by atoms with E-state index < -0.39 is 0 Å². The van der Waals surface area contributed by atoms with Crippen molar-refractivity contribution in [3.8, 4) is 22.4 Å². The monoisotopic (exact) mass is 426 g/mol. The van der Waals surface area contributed by atoms with E-state index in [0.717, 1.165) is 49.8 Å². The first-order valence-electron chi connectivity index (χ1n) is 11.3. The number of morpholine rings is 1. The van der Waals surface area contributed by atoms with Crippen molar-refractivity contribution >= 4 is 10.9 Å². The van der Waals surface area contributed by atoms with E-state index in [-0.39, 0.29) is 0 Å². The van der Waals surface area contributed by atoms with Gasteiger partial charge in [-0.3, -0.25) is 14.6 Å². The maximum atomic E-state index is 5.47. The summed E-state index contributed by atoms with van der Waals surface area (Å²) in [5.41, 5.74) is 10.8. The molecule has 2 aromatic carbocycles. The Kier molecular flexibility index (Phi) is 5.53. The van der Waals surface area contributed by atoms with Gasteiger partial charge in [0.1, 0.15) is 0 Å². The highest BCUT2D eigenvalue weighted by Gasteiger charge is 2.17. The van der Waals surface area contributed by atoms with Crippen molar-refractivity contribution in [2.24, 2.45) is 7.05 Å². The van der Waals surface area contributed by atoms with E-state index in [1.807, 2.05) is 24.9 Å². The molecule has 1 saturated heterocycles. The molecule has 32 heavy (non-hydrogen) atoms. The maximum absolute atomic E-state index is 5.47. The van der Waals surface area contributed by atoms with Crippen LogP contribution >= 0.6 is 0 Å². The number of aromatic nitrogens is 3. The van der Waals surface area contributed by atoms with Crippen LogP contribution in [0.2, 0.25) is 0 Å². The molecule has 0 spiro atoms. The SMILES string of the molecule is Cc1cc(-c2ccnc3cc(C)c(-c4ccc(CN5CCOCC5)cc4)c(C)c23)n(C)n1. The van der Waals surface area contributed by atoms with Gasteiger partial charge < -0.3 is 4.74 Å². The lowest BCUT2D eigenvalue weighted by atomic mass is 9.90. The summed E-state index contributed by atoms with van der Waals surface area (Å²) < 4.78 is 7.44. The van der Waals surface area contributed by atoms with Crippen LogP contribution in [0.25, 0.3) is 33.3 Å². The van der Waals surface area contributed by atoms with Crippen molar-refractivity contribution in [3.05, 3.63) is 71.0 Å². The second-order valence-electron chi connectivity index (χ2n) is 8.83. The Morgan fingerprint density at radius 3 is 2.41 bits per heavy atom. The quantitative estimate of drug-likeness (QED) is 0.457. The highest BCUT2D eigenvalue weighted by atomic mass is 16.5. The van der Waals surface area contributed by atoms with Gasteiger partial charge in [0, 0.05) is 43.8 Å². The van der Waals surface area contributed by atoms with Gasteiger partial charge in [-0.25, -0.2) is 0 Å². The minimum Gasteiger partial charge on any atom is -0.379 e. The van der Waals surface area contributed by atoms with E-state index in [2.05, 4.69) is 66.3 Å². The molecule has 4 aromatic rings. The van der Waals surface area contributed by atoms with Crippen LogP contribution in [0.4, 0.5) is 0 Å². The Balaban J connectivity index is 1.57. The fraction of sp³-hybridized carbons (Fsp3) is 0.333. The maximum Gasteiger partial charge on any atom is 0.0714 e. The van der Waals surface area contributed by atoms with Crippen LogP contribution in [0, 0.1) is 20.8 Å². The Bertz CT molecular complexity index is 1270. The van der Waals surface area contributed by atoms with Crippen LogP contribution in [0.1, 0.15) is 22.4 Å². The number of benzene rings is 2. The standard InChI is InChI=1S/C27H30N4O/c1-18-15-24-27(23(9-10-28-24)25-16-19(2)29-30(25)4)20(3)26(18)22-7-5-21(6-8-22)17-31-11-13-32-14-12-31/h5-10,15-16H,11-14,17H2,1-4H3. The Morgan fingerprint density at radius 1 is 0.969 bits per heavy atom. The number of rotatable bonds is 4. The minimum absolute atomic E-state index is 0.833. The topological polar surface area (TPSA) is 43.2 Å². The predicted molar refractivity (Wildman–Crippen MR) is 130 cm³/mol. The summed E-state index contributed by atoms with van der Waals surface area (Å²) in [6.07, 6.45) is 1.90. The molecule has 2 aromatic heterocycles. The summed E-state index contributed by atoms with van der Waals surface area (Å²) in [4.78, 5) is 7.15. The zero-order chi connectivity index (χ0) is 22.2. The number of hydrogen-bond donors (Lipinski definition) is 0. The third kappa shape index (κ3) is 3.83. The molecule has 0 radical (unpaired) electrons. The Morgan fingerprint density at radius 2 is 1.72 bits per heavy atom. The van der Waals surface area contributed by atoms with Crippen molar-refractivity contribution in [3.63, 3.8) is 0 Å².